The lowest BCUT2D eigenvalue weighted by Gasteiger charge is -2.19. The first-order chi connectivity index (χ1) is 9.62. The van der Waals surface area contributed by atoms with Gasteiger partial charge in [0, 0.05) is 9.35 Å². The van der Waals surface area contributed by atoms with Crippen molar-refractivity contribution in [1.29, 1.82) is 0 Å². The number of carbonyl (C=O) groups excluding carboxylic acids is 1. The van der Waals surface area contributed by atoms with Gasteiger partial charge in [0.25, 0.3) is 0 Å². The van der Waals surface area contributed by atoms with Gasteiger partial charge in [-0.2, -0.15) is 0 Å². The molecule has 1 fully saturated rings. The average molecular weight is 350 g/mol. The molecular weight excluding hydrogens is 334 g/mol. The van der Waals surface area contributed by atoms with Crippen LogP contribution < -0.4 is 5.32 Å². The largest absolute Gasteiger partial charge is 0.348 e. The summed E-state index contributed by atoms with van der Waals surface area (Å²) in [7, 11) is 0. The van der Waals surface area contributed by atoms with Crippen LogP contribution in [0.1, 0.15) is 36.2 Å². The minimum absolute atomic E-state index is 0.0791. The Morgan fingerprint density at radius 2 is 2.00 bits per heavy atom. The lowest BCUT2D eigenvalue weighted by atomic mass is 9.94. The number of rotatable bonds is 4. The quantitative estimate of drug-likeness (QED) is 0.869. The van der Waals surface area contributed by atoms with Crippen molar-refractivity contribution < 1.29 is 4.79 Å². The summed E-state index contributed by atoms with van der Waals surface area (Å²) in [5.74, 6) is 0.153. The molecule has 0 aliphatic heterocycles. The molecule has 20 heavy (non-hydrogen) atoms. The molecule has 4 heteroatoms. The van der Waals surface area contributed by atoms with E-state index in [9.17, 15) is 4.79 Å². The maximum absolute atomic E-state index is 12.6. The highest BCUT2D eigenvalue weighted by Crippen LogP contribution is 2.49. The van der Waals surface area contributed by atoms with Crippen LogP contribution in [0.25, 0.3) is 0 Å². The molecule has 1 unspecified atom stereocenters. The SMILES string of the molecule is CC(NC(=O)C1(c2ccc(Br)cc2)CC1)c1cccs1. The minimum atomic E-state index is -0.299. The standard InChI is InChI=1S/C16H16BrNOS/c1-11(14-3-2-10-20-14)18-15(19)16(8-9-16)12-4-6-13(17)7-5-12/h2-7,10-11H,8-9H2,1H3,(H,18,19). The molecule has 1 atom stereocenters. The maximum Gasteiger partial charge on any atom is 0.231 e. The molecule has 1 heterocycles. The second-order valence-electron chi connectivity index (χ2n) is 5.30. The number of thiophene rings is 1. The van der Waals surface area contributed by atoms with Gasteiger partial charge in [0.1, 0.15) is 0 Å². The fourth-order valence-electron chi connectivity index (χ4n) is 2.48. The van der Waals surface area contributed by atoms with Gasteiger partial charge in [-0.1, -0.05) is 34.1 Å². The molecule has 1 N–H and O–H groups in total. The van der Waals surface area contributed by atoms with Crippen LogP contribution in [0.15, 0.2) is 46.3 Å². The summed E-state index contributed by atoms with van der Waals surface area (Å²) in [6.07, 6.45) is 1.88. The molecule has 104 valence electrons. The molecule has 0 radical (unpaired) electrons. The molecule has 1 amide bonds. The van der Waals surface area contributed by atoms with Gasteiger partial charge < -0.3 is 5.32 Å². The summed E-state index contributed by atoms with van der Waals surface area (Å²) in [5.41, 5.74) is 0.822. The van der Waals surface area contributed by atoms with E-state index in [0.29, 0.717) is 0 Å². The molecule has 3 rings (SSSR count). The van der Waals surface area contributed by atoms with Crippen LogP contribution in [0.5, 0.6) is 0 Å². The van der Waals surface area contributed by atoms with Gasteiger partial charge in [0.05, 0.1) is 11.5 Å². The Bertz CT molecular complexity index is 602. The first-order valence-corrected chi connectivity index (χ1v) is 8.39. The maximum atomic E-state index is 12.6. The zero-order valence-corrected chi connectivity index (χ0v) is 13.6. The Morgan fingerprint density at radius 1 is 1.30 bits per heavy atom. The number of carbonyl (C=O) groups is 1. The highest BCUT2D eigenvalue weighted by atomic mass is 79.9. The minimum Gasteiger partial charge on any atom is -0.348 e. The fourth-order valence-corrected chi connectivity index (χ4v) is 3.48. The van der Waals surface area contributed by atoms with E-state index >= 15 is 0 Å². The van der Waals surface area contributed by atoms with Crippen molar-refractivity contribution in [2.24, 2.45) is 0 Å². The lowest BCUT2D eigenvalue weighted by Crippen LogP contribution is -2.36. The van der Waals surface area contributed by atoms with Gasteiger partial charge in [0.2, 0.25) is 5.91 Å². The van der Waals surface area contributed by atoms with E-state index in [1.54, 1.807) is 11.3 Å². The van der Waals surface area contributed by atoms with Gasteiger partial charge in [-0.05, 0) is 48.9 Å². The van der Waals surface area contributed by atoms with Crippen molar-refractivity contribution in [1.82, 2.24) is 5.32 Å². The first-order valence-electron chi connectivity index (χ1n) is 6.72. The van der Waals surface area contributed by atoms with E-state index in [2.05, 4.69) is 27.3 Å². The van der Waals surface area contributed by atoms with Crippen LogP contribution in [-0.4, -0.2) is 5.91 Å². The third-order valence-electron chi connectivity index (χ3n) is 3.90. The predicted molar refractivity (Wildman–Crippen MR) is 85.9 cm³/mol. The average Bonchev–Trinajstić information content (AvgIpc) is 3.06. The number of hydrogen-bond donors (Lipinski definition) is 1. The molecule has 1 aromatic heterocycles. The molecule has 1 aliphatic carbocycles. The van der Waals surface area contributed by atoms with E-state index in [4.69, 9.17) is 0 Å². The normalized spacial score (nSPS) is 17.5. The molecule has 0 saturated heterocycles. The topological polar surface area (TPSA) is 29.1 Å². The summed E-state index contributed by atoms with van der Waals surface area (Å²) in [4.78, 5) is 13.8. The Labute approximate surface area is 131 Å². The zero-order valence-electron chi connectivity index (χ0n) is 11.2. The molecule has 2 nitrogen and oxygen atoms in total. The van der Waals surface area contributed by atoms with Gasteiger partial charge >= 0.3 is 0 Å². The second kappa shape index (κ2) is 5.34. The predicted octanol–water partition coefficient (Wildman–Crippen LogP) is 4.42. The van der Waals surface area contributed by atoms with Crippen LogP contribution in [0, 0.1) is 0 Å². The third kappa shape index (κ3) is 2.54. The molecule has 0 spiro atoms. The van der Waals surface area contributed by atoms with Gasteiger partial charge in [-0.15, -0.1) is 11.3 Å². The molecule has 2 aromatic rings. The number of nitrogens with one attached hydrogen (secondary N) is 1. The van der Waals surface area contributed by atoms with Crippen molar-refractivity contribution in [2.45, 2.75) is 31.2 Å². The number of benzene rings is 1. The molecule has 1 aliphatic rings. The summed E-state index contributed by atoms with van der Waals surface area (Å²) in [6.45, 7) is 2.04. The van der Waals surface area contributed by atoms with E-state index < -0.39 is 0 Å². The van der Waals surface area contributed by atoms with Crippen LogP contribution in [-0.2, 0) is 10.2 Å². The smallest absolute Gasteiger partial charge is 0.231 e. The fraction of sp³-hybridized carbons (Fsp3) is 0.312. The molecule has 1 saturated carbocycles. The molecule has 1 aromatic carbocycles. The second-order valence-corrected chi connectivity index (χ2v) is 7.19. The van der Waals surface area contributed by atoms with Crippen LogP contribution in [0.2, 0.25) is 0 Å². The van der Waals surface area contributed by atoms with Crippen LogP contribution in [0.3, 0.4) is 0 Å². The van der Waals surface area contributed by atoms with Gasteiger partial charge in [0.15, 0.2) is 0 Å². The summed E-state index contributed by atoms with van der Waals surface area (Å²) >= 11 is 5.12. The van der Waals surface area contributed by atoms with Gasteiger partial charge in [-0.25, -0.2) is 0 Å². The summed E-state index contributed by atoms with van der Waals surface area (Å²) in [6, 6.07) is 12.3. The van der Waals surface area contributed by atoms with Crippen molar-refractivity contribution in [3.05, 3.63) is 56.7 Å². The van der Waals surface area contributed by atoms with Crippen LogP contribution in [0.4, 0.5) is 0 Å². The van der Waals surface area contributed by atoms with Crippen molar-refractivity contribution in [3.63, 3.8) is 0 Å². The van der Waals surface area contributed by atoms with Gasteiger partial charge in [-0.3, -0.25) is 4.79 Å². The number of halogens is 1. The Kier molecular flexibility index (Phi) is 3.69. The van der Waals surface area contributed by atoms with Crippen molar-refractivity contribution in [3.8, 4) is 0 Å². The number of hydrogen-bond acceptors (Lipinski definition) is 2. The Morgan fingerprint density at radius 3 is 2.55 bits per heavy atom. The highest BCUT2D eigenvalue weighted by Gasteiger charge is 2.51. The van der Waals surface area contributed by atoms with E-state index in [-0.39, 0.29) is 17.4 Å². The Balaban J connectivity index is 1.75. The highest BCUT2D eigenvalue weighted by molar-refractivity contribution is 9.10. The van der Waals surface area contributed by atoms with Crippen LogP contribution >= 0.6 is 27.3 Å². The first kappa shape index (κ1) is 13.8. The number of amides is 1. The summed E-state index contributed by atoms with van der Waals surface area (Å²) in [5, 5.41) is 5.20. The third-order valence-corrected chi connectivity index (χ3v) is 5.48. The van der Waals surface area contributed by atoms with Crippen molar-refractivity contribution in [2.75, 3.05) is 0 Å². The Hall–Kier alpha value is -1.13. The molecule has 0 bridgehead atoms. The molecular formula is C16H16BrNOS. The van der Waals surface area contributed by atoms with E-state index in [1.807, 2.05) is 42.6 Å². The summed E-state index contributed by atoms with van der Waals surface area (Å²) < 4.78 is 1.05. The monoisotopic (exact) mass is 349 g/mol. The van der Waals surface area contributed by atoms with E-state index in [0.717, 1.165) is 22.9 Å². The van der Waals surface area contributed by atoms with E-state index in [1.165, 1.54) is 4.88 Å². The van der Waals surface area contributed by atoms with Crippen molar-refractivity contribution >= 4 is 33.2 Å². The lowest BCUT2D eigenvalue weighted by molar-refractivity contribution is -0.124. The zero-order chi connectivity index (χ0) is 14.2.